The molecule has 3 aliphatic rings. The highest BCUT2D eigenvalue weighted by atomic mass is 16.7. The van der Waals surface area contributed by atoms with Gasteiger partial charge in [0.15, 0.2) is 0 Å². The first-order valence-corrected chi connectivity index (χ1v) is 12.8. The van der Waals surface area contributed by atoms with E-state index in [1.54, 1.807) is 6.07 Å². The molecule has 11 heteroatoms. The van der Waals surface area contributed by atoms with E-state index in [4.69, 9.17) is 9.84 Å². The van der Waals surface area contributed by atoms with Crippen molar-refractivity contribution in [3.8, 4) is 6.07 Å². The molecule has 0 aromatic heterocycles. The molecule has 2 aliphatic heterocycles. The quantitative estimate of drug-likeness (QED) is 0.251. The Morgan fingerprint density at radius 3 is 2.28 bits per heavy atom. The van der Waals surface area contributed by atoms with E-state index in [1.807, 2.05) is 12.1 Å². The smallest absolute Gasteiger partial charge is 0.320 e. The maximum absolute atomic E-state index is 11.0. The molecule has 1 aliphatic carbocycles. The molecule has 0 bridgehead atoms. The van der Waals surface area contributed by atoms with Crippen LogP contribution >= 0.6 is 0 Å². The summed E-state index contributed by atoms with van der Waals surface area (Å²) in [5.41, 5.74) is 3.47. The van der Waals surface area contributed by atoms with Gasteiger partial charge in [-0.15, -0.1) is 0 Å². The first-order valence-electron chi connectivity index (χ1n) is 12.8. The maximum atomic E-state index is 11.0. The van der Waals surface area contributed by atoms with Crippen LogP contribution in [0.4, 0.5) is 0 Å². The van der Waals surface area contributed by atoms with Gasteiger partial charge < -0.3 is 46.2 Å². The molecule has 0 spiro atoms. The summed E-state index contributed by atoms with van der Waals surface area (Å²) in [5.74, 6) is -2.41. The summed E-state index contributed by atoms with van der Waals surface area (Å²) in [6, 6.07) is 14.6. The lowest BCUT2D eigenvalue weighted by Crippen LogP contribution is -2.63. The number of nitrogens with one attached hydrogen (secondary N) is 1. The second-order valence-corrected chi connectivity index (χ2v) is 10.1. The normalized spacial score (nSPS) is 29.9. The van der Waals surface area contributed by atoms with Crippen LogP contribution in [0, 0.1) is 11.3 Å². The molecule has 2 saturated heterocycles. The maximum Gasteiger partial charge on any atom is 0.320 e. The van der Waals surface area contributed by atoms with Gasteiger partial charge in [0.1, 0.15) is 30.5 Å². The third kappa shape index (κ3) is 6.81. The molecule has 0 amide bonds. The molecule has 0 unspecified atom stereocenters. The number of aliphatic hydroxyl groups is 5. The lowest BCUT2D eigenvalue weighted by atomic mass is 9.86. The molecule has 212 valence electrons. The second-order valence-electron chi connectivity index (χ2n) is 10.1. The second kappa shape index (κ2) is 13.0. The molecule has 9 N–H and O–H groups in total. The van der Waals surface area contributed by atoms with E-state index in [9.17, 15) is 35.6 Å². The number of ether oxygens (including phenoxy) is 1. The largest absolute Gasteiger partial charge is 0.480 e. The van der Waals surface area contributed by atoms with Gasteiger partial charge in [-0.2, -0.15) is 5.26 Å². The third-order valence-corrected chi connectivity index (χ3v) is 7.39. The summed E-state index contributed by atoms with van der Waals surface area (Å²) in [6.07, 6.45) is -1.72. The third-order valence-electron chi connectivity index (χ3n) is 7.39. The van der Waals surface area contributed by atoms with Gasteiger partial charge in [0.2, 0.25) is 5.79 Å². The zero-order valence-corrected chi connectivity index (χ0v) is 21.4. The molecular weight excluding hydrogens is 508 g/mol. The van der Waals surface area contributed by atoms with Gasteiger partial charge in [-0.3, -0.25) is 4.79 Å². The predicted molar refractivity (Wildman–Crippen MR) is 139 cm³/mol. The zero-order chi connectivity index (χ0) is 27.4. The summed E-state index contributed by atoms with van der Waals surface area (Å²) in [4.78, 5) is 10.1. The highest BCUT2D eigenvalue weighted by Crippen LogP contribution is 2.40. The van der Waals surface area contributed by atoms with Crippen molar-refractivity contribution in [1.29, 1.82) is 5.26 Å². The number of nitriles is 1. The Hall–Kier alpha value is -2.92. The predicted octanol–water partition coefficient (Wildman–Crippen LogP) is -0.356. The first kappa shape index (κ1) is 30.6. The molecule has 1 saturated carbocycles. The fourth-order valence-electron chi connectivity index (χ4n) is 4.90. The monoisotopic (exact) mass is 544 g/mol. The van der Waals surface area contributed by atoms with E-state index in [2.05, 4.69) is 23.5 Å². The molecule has 0 radical (unpaired) electrons. The van der Waals surface area contributed by atoms with Crippen LogP contribution in [0.3, 0.4) is 0 Å². The van der Waals surface area contributed by atoms with Crippen molar-refractivity contribution in [2.75, 3.05) is 13.2 Å². The summed E-state index contributed by atoms with van der Waals surface area (Å²) in [7, 11) is 0. The lowest BCUT2D eigenvalue weighted by molar-refractivity contribution is -0.357. The summed E-state index contributed by atoms with van der Waals surface area (Å²) < 4.78 is 5.39. The summed E-state index contributed by atoms with van der Waals surface area (Å²) in [6.45, 7) is 0.209. The molecule has 2 heterocycles. The van der Waals surface area contributed by atoms with Crippen LogP contribution in [0.5, 0.6) is 0 Å². The summed E-state index contributed by atoms with van der Waals surface area (Å²) >= 11 is 0. The molecule has 11 nitrogen and oxygen atoms in total. The number of carbonyl (C=O) groups is 1. The number of nitrogens with zero attached hydrogens (tertiary/aromatic N) is 1. The fourth-order valence-corrected chi connectivity index (χ4v) is 4.90. The molecular formula is C28H36N2O9. The van der Waals surface area contributed by atoms with E-state index in [-0.39, 0.29) is 17.1 Å². The number of hydrogen-bond acceptors (Lipinski definition) is 9. The van der Waals surface area contributed by atoms with Gasteiger partial charge in [-0.25, -0.2) is 0 Å². The van der Waals surface area contributed by atoms with Crippen molar-refractivity contribution in [3.63, 3.8) is 0 Å². The van der Waals surface area contributed by atoms with Crippen LogP contribution in [-0.4, -0.2) is 85.7 Å². The molecule has 3 fully saturated rings. The van der Waals surface area contributed by atoms with E-state index in [0.717, 1.165) is 24.9 Å². The minimum absolute atomic E-state index is 0. The number of carboxylic acid groups (broad SMARTS) is 1. The average Bonchev–Trinajstić information content (AvgIpc) is 3.62. The minimum atomic E-state index is -2.34. The number of carboxylic acids is 1. The molecule has 6 atom stereocenters. The van der Waals surface area contributed by atoms with Crippen molar-refractivity contribution < 1.29 is 45.6 Å². The van der Waals surface area contributed by atoms with E-state index >= 15 is 0 Å². The van der Waals surface area contributed by atoms with Crippen molar-refractivity contribution in [1.82, 2.24) is 5.32 Å². The molecule has 5 rings (SSSR count). The Morgan fingerprint density at radius 1 is 1.08 bits per heavy atom. The highest BCUT2D eigenvalue weighted by Gasteiger charge is 2.53. The van der Waals surface area contributed by atoms with Crippen LogP contribution in [-0.2, 0) is 21.7 Å². The SMILES string of the molecule is N#Cc1ccc([C@@]2(O)O[C@H](CO)[C@@H](O)[C@H](O)[C@H]2O)cc1Cc1ccc(C2CC2)cc1.O.O=C(O)[C@@H]1CCCN1. The van der Waals surface area contributed by atoms with Crippen molar-refractivity contribution in [2.45, 2.75) is 74.3 Å². The number of aliphatic hydroxyl groups excluding tert-OH is 4. The Labute approximate surface area is 226 Å². The Morgan fingerprint density at radius 2 is 1.77 bits per heavy atom. The highest BCUT2D eigenvalue weighted by molar-refractivity contribution is 5.73. The van der Waals surface area contributed by atoms with Crippen LogP contribution in [0.15, 0.2) is 42.5 Å². The van der Waals surface area contributed by atoms with Gasteiger partial charge in [0.25, 0.3) is 0 Å². The topological polar surface area (TPSA) is 215 Å². The standard InChI is InChI=1S/C23H25NO6.C5H9NO2.H2O/c24-11-16-7-8-18(23(29)22(28)21(27)20(26)19(12-25)30-23)10-17(16)9-13-1-3-14(4-2-13)15-5-6-15;7-5(8)4-2-1-3-6-4;/h1-4,7-8,10,15,19-22,25-29H,5-6,9,12H2;4,6H,1-3H2,(H,7,8);1H2/t19-,20-,21+,22-,23-;4-;/m10./s1. The lowest BCUT2D eigenvalue weighted by Gasteiger charge is -2.45. The fraction of sp³-hybridized carbons (Fsp3) is 0.500. The van der Waals surface area contributed by atoms with Gasteiger partial charge in [0.05, 0.1) is 18.2 Å². The van der Waals surface area contributed by atoms with Crippen molar-refractivity contribution in [3.05, 3.63) is 70.3 Å². The van der Waals surface area contributed by atoms with Gasteiger partial charge >= 0.3 is 5.97 Å². The Bertz CT molecular complexity index is 1160. The zero-order valence-electron chi connectivity index (χ0n) is 21.4. The first-order chi connectivity index (χ1) is 18.2. The van der Waals surface area contributed by atoms with Crippen LogP contribution in [0.2, 0.25) is 0 Å². The number of rotatable bonds is 6. The number of hydrogen-bond donors (Lipinski definition) is 7. The molecule has 39 heavy (non-hydrogen) atoms. The Balaban J connectivity index is 0.000000402. The Kier molecular flexibility index (Phi) is 10.2. The van der Waals surface area contributed by atoms with Crippen molar-refractivity contribution in [2.24, 2.45) is 0 Å². The average molecular weight is 545 g/mol. The van der Waals surface area contributed by atoms with E-state index in [0.29, 0.717) is 23.5 Å². The van der Waals surface area contributed by atoms with Gasteiger partial charge in [-0.1, -0.05) is 30.3 Å². The molecule has 2 aromatic carbocycles. The number of aliphatic carboxylic acids is 1. The summed E-state index contributed by atoms with van der Waals surface area (Å²) in [5, 5.41) is 71.6. The number of benzene rings is 2. The van der Waals surface area contributed by atoms with E-state index < -0.39 is 42.8 Å². The van der Waals surface area contributed by atoms with Gasteiger partial charge in [-0.05, 0) is 73.4 Å². The molecule has 2 aromatic rings. The van der Waals surface area contributed by atoms with Crippen LogP contribution in [0.1, 0.15) is 59.4 Å². The van der Waals surface area contributed by atoms with Gasteiger partial charge in [0, 0.05) is 5.56 Å². The minimum Gasteiger partial charge on any atom is -0.480 e. The van der Waals surface area contributed by atoms with Crippen LogP contribution < -0.4 is 5.32 Å². The van der Waals surface area contributed by atoms with Crippen molar-refractivity contribution >= 4 is 5.97 Å². The van der Waals surface area contributed by atoms with Crippen LogP contribution in [0.25, 0.3) is 0 Å². The van der Waals surface area contributed by atoms with E-state index in [1.165, 1.54) is 30.5 Å².